The normalized spacial score (nSPS) is 29.2. The fraction of sp³-hybridized carbons (Fsp3) is 0.923. The summed E-state index contributed by atoms with van der Waals surface area (Å²) in [6, 6.07) is 0.0601. The van der Waals surface area contributed by atoms with Gasteiger partial charge in [0.15, 0.2) is 0 Å². The molecule has 0 saturated carbocycles. The molecule has 0 radical (unpaired) electrons. The second kappa shape index (κ2) is 5.36. The molecular formula is C13H25N3O. The van der Waals surface area contributed by atoms with Crippen molar-refractivity contribution in [3.63, 3.8) is 0 Å². The van der Waals surface area contributed by atoms with E-state index in [1.807, 2.05) is 0 Å². The number of hydrogen-bond donors (Lipinski definition) is 2. The van der Waals surface area contributed by atoms with Gasteiger partial charge in [-0.05, 0) is 57.8 Å². The van der Waals surface area contributed by atoms with Crippen LogP contribution in [0.4, 0.5) is 0 Å². The topological polar surface area (TPSA) is 44.4 Å². The van der Waals surface area contributed by atoms with Crippen molar-refractivity contribution in [3.05, 3.63) is 0 Å². The lowest BCUT2D eigenvalue weighted by Crippen LogP contribution is -2.47. The van der Waals surface area contributed by atoms with E-state index in [0.717, 1.165) is 39.0 Å². The Hall–Kier alpha value is -0.610. The van der Waals surface area contributed by atoms with E-state index in [1.54, 1.807) is 0 Å². The van der Waals surface area contributed by atoms with Crippen LogP contribution in [0.2, 0.25) is 0 Å². The quantitative estimate of drug-likeness (QED) is 0.757. The monoisotopic (exact) mass is 239 g/mol. The average Bonchev–Trinajstić information content (AvgIpc) is 2.84. The summed E-state index contributed by atoms with van der Waals surface area (Å²) in [5.41, 5.74) is 0.292. The Labute approximate surface area is 104 Å². The summed E-state index contributed by atoms with van der Waals surface area (Å²) >= 11 is 0. The van der Waals surface area contributed by atoms with Crippen LogP contribution in [0.3, 0.4) is 0 Å². The van der Waals surface area contributed by atoms with E-state index in [1.165, 1.54) is 12.8 Å². The Morgan fingerprint density at radius 2 is 2.18 bits per heavy atom. The highest BCUT2D eigenvalue weighted by Crippen LogP contribution is 2.29. The van der Waals surface area contributed by atoms with E-state index < -0.39 is 0 Å². The molecule has 2 aliphatic heterocycles. The number of nitrogens with zero attached hydrogens (tertiary/aromatic N) is 1. The highest BCUT2D eigenvalue weighted by Gasteiger charge is 2.30. The molecular weight excluding hydrogens is 214 g/mol. The number of amides is 1. The van der Waals surface area contributed by atoms with Gasteiger partial charge in [-0.1, -0.05) is 6.92 Å². The van der Waals surface area contributed by atoms with Crippen LogP contribution in [-0.4, -0.2) is 50.1 Å². The number of piperidine rings is 1. The maximum atomic E-state index is 11.9. The van der Waals surface area contributed by atoms with Gasteiger partial charge in [-0.2, -0.15) is 0 Å². The fourth-order valence-corrected chi connectivity index (χ4v) is 2.67. The minimum absolute atomic E-state index is 0.0601. The lowest BCUT2D eigenvalue weighted by Gasteiger charge is -2.38. The summed E-state index contributed by atoms with van der Waals surface area (Å²) in [6.45, 7) is 6.41. The second-order valence-corrected chi connectivity index (χ2v) is 5.98. The van der Waals surface area contributed by atoms with Gasteiger partial charge in [0.2, 0.25) is 5.91 Å². The third-order valence-electron chi connectivity index (χ3n) is 4.26. The first-order valence-corrected chi connectivity index (χ1v) is 6.79. The van der Waals surface area contributed by atoms with Crippen molar-refractivity contribution in [3.8, 4) is 0 Å². The van der Waals surface area contributed by atoms with Crippen LogP contribution in [0, 0.1) is 5.41 Å². The first-order chi connectivity index (χ1) is 8.09. The maximum absolute atomic E-state index is 11.9. The maximum Gasteiger partial charge on any atom is 0.237 e. The number of carbonyl (C=O) groups excluding carboxylic acids is 1. The van der Waals surface area contributed by atoms with Crippen molar-refractivity contribution in [1.82, 2.24) is 15.5 Å². The molecule has 0 aromatic carbocycles. The van der Waals surface area contributed by atoms with E-state index in [4.69, 9.17) is 0 Å². The Balaban J connectivity index is 1.75. The smallest absolute Gasteiger partial charge is 0.237 e. The molecule has 17 heavy (non-hydrogen) atoms. The minimum atomic E-state index is 0.0601. The summed E-state index contributed by atoms with van der Waals surface area (Å²) in [5, 5.41) is 6.37. The molecule has 2 heterocycles. The number of rotatable bonds is 3. The van der Waals surface area contributed by atoms with Crippen molar-refractivity contribution in [1.29, 1.82) is 0 Å². The molecule has 0 aromatic rings. The third kappa shape index (κ3) is 3.42. The lowest BCUT2D eigenvalue weighted by molar-refractivity contribution is -0.123. The Morgan fingerprint density at radius 3 is 2.76 bits per heavy atom. The molecule has 0 spiro atoms. The van der Waals surface area contributed by atoms with Crippen molar-refractivity contribution in [2.45, 2.75) is 38.6 Å². The van der Waals surface area contributed by atoms with E-state index in [-0.39, 0.29) is 11.9 Å². The van der Waals surface area contributed by atoms with Gasteiger partial charge in [0.05, 0.1) is 6.04 Å². The second-order valence-electron chi connectivity index (χ2n) is 5.98. The molecule has 0 aromatic heterocycles. The first-order valence-electron chi connectivity index (χ1n) is 6.79. The van der Waals surface area contributed by atoms with Gasteiger partial charge in [-0.25, -0.2) is 0 Å². The van der Waals surface area contributed by atoms with Gasteiger partial charge in [0, 0.05) is 6.54 Å². The Morgan fingerprint density at radius 1 is 1.47 bits per heavy atom. The van der Waals surface area contributed by atoms with Gasteiger partial charge in [-0.3, -0.25) is 4.79 Å². The first kappa shape index (κ1) is 12.8. The van der Waals surface area contributed by atoms with Gasteiger partial charge >= 0.3 is 0 Å². The van der Waals surface area contributed by atoms with Gasteiger partial charge < -0.3 is 15.5 Å². The largest absolute Gasteiger partial charge is 0.354 e. The summed E-state index contributed by atoms with van der Waals surface area (Å²) in [6.07, 6.45) is 4.48. The molecule has 98 valence electrons. The molecule has 2 N–H and O–H groups in total. The van der Waals surface area contributed by atoms with Crippen LogP contribution in [0.25, 0.3) is 0 Å². The number of nitrogens with one attached hydrogen (secondary N) is 2. The molecule has 1 amide bonds. The predicted octanol–water partition coefficient (Wildman–Crippen LogP) is 0.587. The van der Waals surface area contributed by atoms with Crippen molar-refractivity contribution < 1.29 is 4.79 Å². The number of carbonyl (C=O) groups is 1. The van der Waals surface area contributed by atoms with Crippen LogP contribution in [0.5, 0.6) is 0 Å². The lowest BCUT2D eigenvalue weighted by atomic mass is 9.80. The molecule has 2 rings (SSSR count). The molecule has 1 atom stereocenters. The van der Waals surface area contributed by atoms with Crippen LogP contribution < -0.4 is 10.6 Å². The number of likely N-dealkylation sites (tertiary alicyclic amines) is 1. The summed E-state index contributed by atoms with van der Waals surface area (Å²) in [5.74, 6) is 0.197. The van der Waals surface area contributed by atoms with E-state index >= 15 is 0 Å². The fourth-order valence-electron chi connectivity index (χ4n) is 2.67. The van der Waals surface area contributed by atoms with Crippen LogP contribution in [0.15, 0.2) is 0 Å². The molecule has 0 bridgehead atoms. The van der Waals surface area contributed by atoms with E-state index in [9.17, 15) is 4.79 Å². The molecule has 4 heteroatoms. The standard InChI is InChI=1S/C13H25N3O/c1-13(5-8-16(2)9-6-13)10-15-12(17)11-4-3-7-14-11/h11,14H,3-10H2,1-2H3,(H,15,17)/t11-/m1/s1. The van der Waals surface area contributed by atoms with Gasteiger partial charge in [0.25, 0.3) is 0 Å². The molecule has 0 aliphatic carbocycles. The molecule has 4 nitrogen and oxygen atoms in total. The average molecular weight is 239 g/mol. The Kier molecular flexibility index (Phi) is 4.05. The zero-order valence-electron chi connectivity index (χ0n) is 11.1. The van der Waals surface area contributed by atoms with Crippen molar-refractivity contribution >= 4 is 5.91 Å². The minimum Gasteiger partial charge on any atom is -0.354 e. The van der Waals surface area contributed by atoms with Gasteiger partial charge in [0.1, 0.15) is 0 Å². The van der Waals surface area contributed by atoms with Crippen LogP contribution in [-0.2, 0) is 4.79 Å². The molecule has 2 saturated heterocycles. The van der Waals surface area contributed by atoms with E-state index in [0.29, 0.717) is 5.41 Å². The van der Waals surface area contributed by atoms with Crippen molar-refractivity contribution in [2.24, 2.45) is 5.41 Å². The van der Waals surface area contributed by atoms with Crippen LogP contribution in [0.1, 0.15) is 32.6 Å². The zero-order valence-corrected chi connectivity index (χ0v) is 11.1. The summed E-state index contributed by atoms with van der Waals surface area (Å²) in [4.78, 5) is 14.3. The van der Waals surface area contributed by atoms with Crippen LogP contribution >= 0.6 is 0 Å². The highest BCUT2D eigenvalue weighted by molar-refractivity contribution is 5.82. The molecule has 0 unspecified atom stereocenters. The van der Waals surface area contributed by atoms with E-state index in [2.05, 4.69) is 29.5 Å². The molecule has 2 fully saturated rings. The SMILES string of the molecule is CN1CCC(C)(CNC(=O)[C@H]2CCCN2)CC1. The third-order valence-corrected chi connectivity index (χ3v) is 4.26. The highest BCUT2D eigenvalue weighted by atomic mass is 16.2. The summed E-state index contributed by atoms with van der Waals surface area (Å²) in [7, 11) is 2.17. The van der Waals surface area contributed by atoms with Gasteiger partial charge in [-0.15, -0.1) is 0 Å². The number of hydrogen-bond acceptors (Lipinski definition) is 3. The zero-order chi connectivity index (χ0) is 12.3. The predicted molar refractivity (Wildman–Crippen MR) is 68.9 cm³/mol. The molecule has 2 aliphatic rings. The van der Waals surface area contributed by atoms with Crippen molar-refractivity contribution in [2.75, 3.05) is 33.2 Å². The summed E-state index contributed by atoms with van der Waals surface area (Å²) < 4.78 is 0. The Bertz CT molecular complexity index is 266.